The summed E-state index contributed by atoms with van der Waals surface area (Å²) in [5.74, 6) is 0.633. The van der Waals surface area contributed by atoms with E-state index in [1.165, 1.54) is 11.1 Å². The summed E-state index contributed by atoms with van der Waals surface area (Å²) in [7, 11) is 0. The van der Waals surface area contributed by atoms with Gasteiger partial charge in [-0.1, -0.05) is 30.4 Å². The monoisotopic (exact) mass is 213 g/mol. The van der Waals surface area contributed by atoms with Crippen LogP contribution in [-0.4, -0.2) is 11.9 Å². The molecule has 3 rings (SSSR count). The topological polar surface area (TPSA) is 20.3 Å². The molecule has 0 saturated heterocycles. The van der Waals surface area contributed by atoms with Crippen molar-refractivity contribution in [2.24, 2.45) is 0 Å². The molecule has 0 spiro atoms. The maximum atomic E-state index is 11.8. The van der Waals surface area contributed by atoms with E-state index in [0.29, 0.717) is 5.92 Å². The highest BCUT2D eigenvalue weighted by Gasteiger charge is 2.41. The summed E-state index contributed by atoms with van der Waals surface area (Å²) in [5, 5.41) is 0. The Labute approximate surface area is 95.6 Å². The van der Waals surface area contributed by atoms with E-state index in [9.17, 15) is 4.79 Å². The third-order valence-electron chi connectivity index (χ3n) is 3.68. The van der Waals surface area contributed by atoms with Crippen LogP contribution in [0.4, 0.5) is 5.69 Å². The summed E-state index contributed by atoms with van der Waals surface area (Å²) in [6.07, 6.45) is 5.42. The van der Waals surface area contributed by atoms with Crippen LogP contribution in [0, 0.1) is 6.92 Å². The number of fused-ring (bicyclic) bond motifs is 3. The van der Waals surface area contributed by atoms with Crippen molar-refractivity contribution >= 4 is 11.6 Å². The average Bonchev–Trinajstić information content (AvgIpc) is 2.77. The number of nitrogens with zero attached hydrogens (tertiary/aromatic N) is 1. The number of anilines is 1. The van der Waals surface area contributed by atoms with Crippen molar-refractivity contribution in [3.63, 3.8) is 0 Å². The van der Waals surface area contributed by atoms with E-state index in [1.807, 2.05) is 4.90 Å². The van der Waals surface area contributed by atoms with E-state index >= 15 is 0 Å². The first kappa shape index (κ1) is 9.64. The maximum Gasteiger partial charge on any atom is 0.224 e. The van der Waals surface area contributed by atoms with Gasteiger partial charge in [-0.15, -0.1) is 0 Å². The molecule has 2 nitrogen and oxygen atoms in total. The Morgan fingerprint density at radius 1 is 1.44 bits per heavy atom. The molecule has 82 valence electrons. The summed E-state index contributed by atoms with van der Waals surface area (Å²) < 4.78 is 0. The number of carbonyl (C=O) groups is 1. The zero-order valence-corrected chi connectivity index (χ0v) is 9.60. The standard InChI is InChI=1S/C14H15NO/c1-9-5-3-7-12-11-6-4-8-13(11)15(10(2)16)14(9)12/h3-5,7-8,11,13H,6H2,1-2H3. The fraction of sp³-hybridized carbons (Fsp3) is 0.357. The molecule has 0 bridgehead atoms. The SMILES string of the molecule is CC(=O)N1c2c(C)cccc2C2CC=CC21. The number of aryl methyl sites for hydroxylation is 1. The first-order valence-electron chi connectivity index (χ1n) is 5.76. The summed E-state index contributed by atoms with van der Waals surface area (Å²) in [6, 6.07) is 6.59. The van der Waals surface area contributed by atoms with Crippen LogP contribution in [0.15, 0.2) is 30.4 Å². The Balaban J connectivity index is 2.21. The smallest absolute Gasteiger partial charge is 0.224 e. The molecule has 1 aliphatic carbocycles. The van der Waals surface area contributed by atoms with Gasteiger partial charge in [-0.3, -0.25) is 4.79 Å². The normalized spacial score (nSPS) is 25.8. The lowest BCUT2D eigenvalue weighted by Gasteiger charge is -2.23. The third kappa shape index (κ3) is 1.10. The Hall–Kier alpha value is -1.57. The Kier molecular flexibility index (Phi) is 1.93. The van der Waals surface area contributed by atoms with Crippen molar-refractivity contribution in [1.29, 1.82) is 0 Å². The second-order valence-electron chi connectivity index (χ2n) is 4.66. The second-order valence-corrected chi connectivity index (χ2v) is 4.66. The minimum absolute atomic E-state index is 0.148. The minimum Gasteiger partial charge on any atom is -0.305 e. The van der Waals surface area contributed by atoms with Crippen LogP contribution < -0.4 is 4.90 Å². The maximum absolute atomic E-state index is 11.8. The van der Waals surface area contributed by atoms with Crippen molar-refractivity contribution in [2.45, 2.75) is 32.2 Å². The van der Waals surface area contributed by atoms with Gasteiger partial charge in [-0.25, -0.2) is 0 Å². The zero-order chi connectivity index (χ0) is 11.3. The highest BCUT2D eigenvalue weighted by molar-refractivity contribution is 5.96. The number of hydrogen-bond donors (Lipinski definition) is 0. The number of hydrogen-bond acceptors (Lipinski definition) is 1. The number of allylic oxidation sites excluding steroid dienone is 1. The summed E-state index contributed by atoms with van der Waals surface area (Å²) in [5.41, 5.74) is 3.69. The molecule has 2 aliphatic rings. The minimum atomic E-state index is 0.148. The molecule has 0 aromatic heterocycles. The third-order valence-corrected chi connectivity index (χ3v) is 3.68. The number of amides is 1. The van der Waals surface area contributed by atoms with Crippen LogP contribution in [0.25, 0.3) is 0 Å². The Morgan fingerprint density at radius 2 is 2.25 bits per heavy atom. The van der Waals surface area contributed by atoms with Gasteiger partial charge in [-0.2, -0.15) is 0 Å². The molecule has 1 aliphatic heterocycles. The van der Waals surface area contributed by atoms with Gasteiger partial charge < -0.3 is 4.90 Å². The van der Waals surface area contributed by atoms with Gasteiger partial charge >= 0.3 is 0 Å². The van der Waals surface area contributed by atoms with E-state index in [-0.39, 0.29) is 11.9 Å². The van der Waals surface area contributed by atoms with Gasteiger partial charge in [0.1, 0.15) is 0 Å². The van der Waals surface area contributed by atoms with E-state index in [1.54, 1.807) is 6.92 Å². The molecule has 1 aromatic carbocycles. The van der Waals surface area contributed by atoms with Gasteiger partial charge in [0.2, 0.25) is 5.91 Å². The summed E-state index contributed by atoms with van der Waals surface area (Å²) >= 11 is 0. The van der Waals surface area contributed by atoms with Crippen LogP contribution in [0.3, 0.4) is 0 Å². The van der Waals surface area contributed by atoms with Gasteiger partial charge in [0.15, 0.2) is 0 Å². The van der Waals surface area contributed by atoms with Gasteiger partial charge in [0.05, 0.1) is 11.7 Å². The highest BCUT2D eigenvalue weighted by Crippen LogP contribution is 2.47. The van der Waals surface area contributed by atoms with E-state index in [4.69, 9.17) is 0 Å². The molecule has 2 heteroatoms. The fourth-order valence-electron chi connectivity index (χ4n) is 3.04. The molecule has 1 amide bonds. The molecule has 1 aromatic rings. The first-order chi connectivity index (χ1) is 7.70. The molecule has 0 fully saturated rings. The zero-order valence-electron chi connectivity index (χ0n) is 9.60. The van der Waals surface area contributed by atoms with Crippen LogP contribution in [-0.2, 0) is 4.79 Å². The molecule has 0 radical (unpaired) electrons. The lowest BCUT2D eigenvalue weighted by atomic mass is 9.96. The van der Waals surface area contributed by atoms with Crippen LogP contribution in [0.1, 0.15) is 30.4 Å². The highest BCUT2D eigenvalue weighted by atomic mass is 16.2. The van der Waals surface area contributed by atoms with Crippen LogP contribution in [0.5, 0.6) is 0 Å². The number of para-hydroxylation sites is 1. The number of rotatable bonds is 0. The molecule has 16 heavy (non-hydrogen) atoms. The van der Waals surface area contributed by atoms with Crippen molar-refractivity contribution in [3.05, 3.63) is 41.5 Å². The molecule has 2 unspecified atom stereocenters. The van der Waals surface area contributed by atoms with Crippen molar-refractivity contribution in [1.82, 2.24) is 0 Å². The molecule has 0 N–H and O–H groups in total. The van der Waals surface area contributed by atoms with Crippen molar-refractivity contribution < 1.29 is 4.79 Å². The molecular formula is C14H15NO. The van der Waals surface area contributed by atoms with Crippen molar-refractivity contribution in [3.8, 4) is 0 Å². The lowest BCUT2D eigenvalue weighted by molar-refractivity contribution is -0.116. The van der Waals surface area contributed by atoms with Gasteiger partial charge in [-0.05, 0) is 24.5 Å². The lowest BCUT2D eigenvalue weighted by Crippen LogP contribution is -2.35. The molecule has 2 atom stereocenters. The van der Waals surface area contributed by atoms with E-state index < -0.39 is 0 Å². The predicted octanol–water partition coefficient (Wildman–Crippen LogP) is 2.77. The summed E-state index contributed by atoms with van der Waals surface area (Å²) in [4.78, 5) is 13.8. The molecular weight excluding hydrogens is 198 g/mol. The first-order valence-corrected chi connectivity index (χ1v) is 5.76. The number of carbonyl (C=O) groups excluding carboxylic acids is 1. The largest absolute Gasteiger partial charge is 0.305 e. The summed E-state index contributed by atoms with van der Waals surface area (Å²) in [6.45, 7) is 3.74. The van der Waals surface area contributed by atoms with Crippen LogP contribution >= 0.6 is 0 Å². The van der Waals surface area contributed by atoms with Gasteiger partial charge in [0.25, 0.3) is 0 Å². The van der Waals surface area contributed by atoms with Crippen LogP contribution in [0.2, 0.25) is 0 Å². The van der Waals surface area contributed by atoms with E-state index in [2.05, 4.69) is 37.3 Å². The Morgan fingerprint density at radius 3 is 3.00 bits per heavy atom. The predicted molar refractivity (Wildman–Crippen MR) is 64.6 cm³/mol. The second kappa shape index (κ2) is 3.21. The Bertz CT molecular complexity index is 490. The average molecular weight is 213 g/mol. The quantitative estimate of drug-likeness (QED) is 0.607. The van der Waals surface area contributed by atoms with Gasteiger partial charge in [0, 0.05) is 12.8 Å². The molecule has 1 heterocycles. The van der Waals surface area contributed by atoms with Crippen molar-refractivity contribution in [2.75, 3.05) is 4.90 Å². The number of benzene rings is 1. The molecule has 0 saturated carbocycles. The van der Waals surface area contributed by atoms with E-state index in [0.717, 1.165) is 12.1 Å². The fourth-order valence-corrected chi connectivity index (χ4v) is 3.04.